The molecule has 4 heteroatoms. The molecule has 0 saturated carbocycles. The van der Waals surface area contributed by atoms with E-state index in [0.717, 1.165) is 10.0 Å². The number of Topliss-reactive ketones (excluding diaryl/α,β-unsaturated/α-hetero) is 1. The van der Waals surface area contributed by atoms with Crippen LogP contribution in [0.1, 0.15) is 32.8 Å². The molecule has 0 fully saturated rings. The Morgan fingerprint density at radius 3 is 2.22 bits per heavy atom. The lowest BCUT2D eigenvalue weighted by molar-refractivity contribution is -0.156. The van der Waals surface area contributed by atoms with Crippen molar-refractivity contribution in [3.63, 3.8) is 0 Å². The molecule has 0 atom stereocenters. The van der Waals surface area contributed by atoms with Crippen LogP contribution in [0, 0.1) is 0 Å². The molecule has 0 aliphatic heterocycles. The molecule has 0 spiro atoms. The van der Waals surface area contributed by atoms with Gasteiger partial charge in [0.05, 0.1) is 0 Å². The smallest absolute Gasteiger partial charge is 0.313 e. The molecular weight excluding hydrogens is 296 g/mol. The first kappa shape index (κ1) is 14.9. The van der Waals surface area contributed by atoms with Crippen molar-refractivity contribution >= 4 is 27.7 Å². The van der Waals surface area contributed by atoms with Gasteiger partial charge in [0, 0.05) is 10.9 Å². The van der Waals surface area contributed by atoms with Crippen molar-refractivity contribution in [2.24, 2.45) is 0 Å². The molecular formula is C14H17BrO3. The van der Waals surface area contributed by atoms with E-state index >= 15 is 0 Å². The van der Waals surface area contributed by atoms with Crippen LogP contribution >= 0.6 is 15.9 Å². The summed E-state index contributed by atoms with van der Waals surface area (Å²) in [4.78, 5) is 23.1. The number of hydrogen-bond acceptors (Lipinski definition) is 3. The molecule has 1 aromatic rings. The van der Waals surface area contributed by atoms with Gasteiger partial charge in [0.2, 0.25) is 0 Å². The van der Waals surface area contributed by atoms with Crippen molar-refractivity contribution in [1.82, 2.24) is 0 Å². The highest BCUT2D eigenvalue weighted by molar-refractivity contribution is 9.10. The van der Waals surface area contributed by atoms with E-state index < -0.39 is 11.6 Å². The van der Waals surface area contributed by atoms with Gasteiger partial charge in [-0.25, -0.2) is 0 Å². The predicted octanol–water partition coefficient (Wildman–Crippen LogP) is 3.29. The summed E-state index contributed by atoms with van der Waals surface area (Å²) in [5, 5.41) is 0. The summed E-state index contributed by atoms with van der Waals surface area (Å²) in [7, 11) is 0. The summed E-state index contributed by atoms with van der Waals surface area (Å²) in [6.07, 6.45) is 0.0832. The average Bonchev–Trinajstić information content (AvgIpc) is 2.18. The van der Waals surface area contributed by atoms with E-state index in [1.807, 2.05) is 24.3 Å². The Morgan fingerprint density at radius 1 is 1.17 bits per heavy atom. The maximum atomic E-state index is 11.7. The Balaban J connectivity index is 2.47. The zero-order valence-electron chi connectivity index (χ0n) is 10.8. The summed E-state index contributed by atoms with van der Waals surface area (Å²) in [5.74, 6) is -0.601. The fraction of sp³-hybridized carbons (Fsp3) is 0.429. The monoisotopic (exact) mass is 312 g/mol. The molecule has 1 aromatic carbocycles. The summed E-state index contributed by atoms with van der Waals surface area (Å²) in [5.41, 5.74) is 0.348. The third kappa shape index (κ3) is 5.96. The lowest BCUT2D eigenvalue weighted by Crippen LogP contribution is -2.25. The van der Waals surface area contributed by atoms with Crippen LogP contribution in [0.4, 0.5) is 0 Å². The largest absolute Gasteiger partial charge is 0.460 e. The highest BCUT2D eigenvalue weighted by Gasteiger charge is 2.18. The van der Waals surface area contributed by atoms with Gasteiger partial charge in [-0.05, 0) is 38.5 Å². The number of halogens is 1. The van der Waals surface area contributed by atoms with Crippen molar-refractivity contribution < 1.29 is 14.3 Å². The second-order valence-corrected chi connectivity index (χ2v) is 6.02. The quantitative estimate of drug-likeness (QED) is 0.633. The maximum absolute atomic E-state index is 11.7. The van der Waals surface area contributed by atoms with Crippen molar-refractivity contribution in [3.8, 4) is 0 Å². The minimum absolute atomic E-state index is 0.133. The zero-order chi connectivity index (χ0) is 13.8. The second-order valence-electron chi connectivity index (χ2n) is 5.11. The highest BCUT2D eigenvalue weighted by atomic mass is 79.9. The van der Waals surface area contributed by atoms with Gasteiger partial charge in [0.25, 0.3) is 0 Å². The van der Waals surface area contributed by atoms with Crippen LogP contribution in [0.25, 0.3) is 0 Å². The van der Waals surface area contributed by atoms with Crippen LogP contribution in [0.2, 0.25) is 0 Å². The Labute approximate surface area is 116 Å². The Bertz CT molecular complexity index is 429. The molecule has 0 aliphatic rings. The molecule has 0 heterocycles. The minimum Gasteiger partial charge on any atom is -0.460 e. The molecule has 0 unspecified atom stereocenters. The number of ether oxygens (including phenoxy) is 1. The third-order valence-electron chi connectivity index (χ3n) is 2.08. The van der Waals surface area contributed by atoms with Gasteiger partial charge in [-0.15, -0.1) is 0 Å². The summed E-state index contributed by atoms with van der Waals surface area (Å²) < 4.78 is 6.06. The van der Waals surface area contributed by atoms with Gasteiger partial charge < -0.3 is 4.74 Å². The number of ketones is 1. The lowest BCUT2D eigenvalue weighted by Gasteiger charge is -2.19. The molecule has 0 aromatic heterocycles. The van der Waals surface area contributed by atoms with Crippen LogP contribution in [0.15, 0.2) is 28.7 Å². The first-order valence-electron chi connectivity index (χ1n) is 5.74. The molecule has 3 nitrogen and oxygen atoms in total. The standard InChI is InChI=1S/C14H17BrO3/c1-14(2,3)18-13(17)9-12(16)8-10-4-6-11(15)7-5-10/h4-7H,8-9H2,1-3H3. The van der Waals surface area contributed by atoms with Gasteiger partial charge in [-0.3, -0.25) is 9.59 Å². The highest BCUT2D eigenvalue weighted by Crippen LogP contribution is 2.12. The van der Waals surface area contributed by atoms with E-state index in [1.165, 1.54) is 0 Å². The van der Waals surface area contributed by atoms with E-state index in [4.69, 9.17) is 4.74 Å². The fourth-order valence-corrected chi connectivity index (χ4v) is 1.70. The third-order valence-corrected chi connectivity index (χ3v) is 2.60. The van der Waals surface area contributed by atoms with Gasteiger partial charge >= 0.3 is 5.97 Å². The van der Waals surface area contributed by atoms with Crippen molar-refractivity contribution in [1.29, 1.82) is 0 Å². The van der Waals surface area contributed by atoms with Crippen LogP contribution in [0.5, 0.6) is 0 Å². The zero-order valence-corrected chi connectivity index (χ0v) is 12.4. The molecule has 0 radical (unpaired) electrons. The number of esters is 1. The molecule has 0 saturated heterocycles. The summed E-state index contributed by atoms with van der Waals surface area (Å²) in [6, 6.07) is 7.46. The number of hydrogen-bond donors (Lipinski definition) is 0. The van der Waals surface area contributed by atoms with E-state index in [1.54, 1.807) is 20.8 Å². The van der Waals surface area contributed by atoms with Gasteiger partial charge in [-0.2, -0.15) is 0 Å². The number of carbonyl (C=O) groups excluding carboxylic acids is 2. The first-order valence-corrected chi connectivity index (χ1v) is 6.53. The van der Waals surface area contributed by atoms with Crippen molar-refractivity contribution in [2.45, 2.75) is 39.2 Å². The van der Waals surface area contributed by atoms with E-state index in [2.05, 4.69) is 15.9 Å². The summed E-state index contributed by atoms with van der Waals surface area (Å²) >= 11 is 3.33. The molecule has 18 heavy (non-hydrogen) atoms. The maximum Gasteiger partial charge on any atom is 0.313 e. The molecule has 98 valence electrons. The Hall–Kier alpha value is -1.16. The lowest BCUT2D eigenvalue weighted by atomic mass is 10.1. The van der Waals surface area contributed by atoms with Gasteiger partial charge in [-0.1, -0.05) is 28.1 Å². The first-order chi connectivity index (χ1) is 8.26. The Kier molecular flexibility index (Phi) is 5.08. The topological polar surface area (TPSA) is 43.4 Å². The van der Waals surface area contributed by atoms with Crippen LogP contribution in [-0.4, -0.2) is 17.4 Å². The van der Waals surface area contributed by atoms with Crippen molar-refractivity contribution in [3.05, 3.63) is 34.3 Å². The molecule has 0 aliphatic carbocycles. The SMILES string of the molecule is CC(C)(C)OC(=O)CC(=O)Cc1ccc(Br)cc1. The number of rotatable bonds is 4. The van der Waals surface area contributed by atoms with Crippen molar-refractivity contribution in [2.75, 3.05) is 0 Å². The molecule has 0 amide bonds. The van der Waals surface area contributed by atoms with Crippen LogP contribution < -0.4 is 0 Å². The number of benzene rings is 1. The number of carbonyl (C=O) groups is 2. The molecule has 1 rings (SSSR count). The second kappa shape index (κ2) is 6.14. The minimum atomic E-state index is -0.547. The van der Waals surface area contributed by atoms with Gasteiger partial charge in [0.1, 0.15) is 17.8 Å². The van der Waals surface area contributed by atoms with Crippen LogP contribution in [0.3, 0.4) is 0 Å². The Morgan fingerprint density at radius 2 is 1.72 bits per heavy atom. The fourth-order valence-electron chi connectivity index (χ4n) is 1.43. The normalized spacial score (nSPS) is 11.1. The average molecular weight is 313 g/mol. The molecule has 0 bridgehead atoms. The molecule has 0 N–H and O–H groups in total. The van der Waals surface area contributed by atoms with Gasteiger partial charge in [0.15, 0.2) is 0 Å². The van der Waals surface area contributed by atoms with E-state index in [9.17, 15) is 9.59 Å². The summed E-state index contributed by atoms with van der Waals surface area (Å²) in [6.45, 7) is 5.35. The van der Waals surface area contributed by atoms with Crippen LogP contribution in [-0.2, 0) is 20.7 Å². The van der Waals surface area contributed by atoms with E-state index in [-0.39, 0.29) is 18.6 Å². The van der Waals surface area contributed by atoms with E-state index in [0.29, 0.717) is 0 Å². The predicted molar refractivity (Wildman–Crippen MR) is 73.3 cm³/mol.